The second-order valence-corrected chi connectivity index (χ2v) is 7.36. The average Bonchev–Trinajstić information content (AvgIpc) is 2.55. The Hall–Kier alpha value is -1.59. The molecule has 0 N–H and O–H groups in total. The Morgan fingerprint density at radius 2 is 1.87 bits per heavy atom. The molecule has 0 aliphatic heterocycles. The van der Waals surface area contributed by atoms with E-state index in [1.807, 2.05) is 29.7 Å². The van der Waals surface area contributed by atoms with Crippen molar-refractivity contribution in [1.29, 1.82) is 0 Å². The number of hydrogen-bond acceptors (Lipinski definition) is 5. The molecule has 1 aromatic heterocycles. The van der Waals surface area contributed by atoms with Crippen LogP contribution in [0.15, 0.2) is 64.4 Å². The van der Waals surface area contributed by atoms with Crippen LogP contribution in [-0.4, -0.2) is 20.8 Å². The number of thioether (sulfide) groups is 2. The highest BCUT2D eigenvalue weighted by Crippen LogP contribution is 2.20. The van der Waals surface area contributed by atoms with Crippen molar-refractivity contribution in [3.63, 3.8) is 0 Å². The van der Waals surface area contributed by atoms with Crippen molar-refractivity contribution in [1.82, 2.24) is 9.97 Å². The molecule has 1 heterocycles. The van der Waals surface area contributed by atoms with Crippen LogP contribution < -0.4 is 0 Å². The minimum atomic E-state index is 0.627. The molecule has 0 atom stereocenters. The van der Waals surface area contributed by atoms with Gasteiger partial charge in [-0.3, -0.25) is 0 Å². The minimum Gasteiger partial charge on any atom is -0.242 e. The maximum atomic E-state index is 4.74. The van der Waals surface area contributed by atoms with Gasteiger partial charge in [0.2, 0.25) is 0 Å². The monoisotopic (exact) mass is 343 g/mol. The van der Waals surface area contributed by atoms with Crippen LogP contribution in [0.4, 0.5) is 5.69 Å². The lowest BCUT2D eigenvalue weighted by Gasteiger charge is -2.05. The molecule has 0 fully saturated rings. The third-order valence-corrected chi connectivity index (χ3v) is 4.81. The van der Waals surface area contributed by atoms with Gasteiger partial charge in [-0.1, -0.05) is 43.3 Å². The van der Waals surface area contributed by atoms with Gasteiger partial charge in [-0.05, 0) is 42.5 Å². The zero-order valence-electron chi connectivity index (χ0n) is 13.6. The first-order valence-electron chi connectivity index (χ1n) is 7.52. The first-order valence-corrected chi connectivity index (χ1v) is 9.38. The summed E-state index contributed by atoms with van der Waals surface area (Å²) in [7, 11) is 0. The number of hydrogen-bond donors (Lipinski definition) is 0. The van der Waals surface area contributed by atoms with Crippen molar-refractivity contribution in [2.45, 2.75) is 25.9 Å². The molecule has 120 valence electrons. The Morgan fingerprint density at radius 3 is 2.52 bits per heavy atom. The Kier molecular flexibility index (Phi) is 7.36. The molecule has 0 radical (unpaired) electrons. The van der Waals surface area contributed by atoms with Crippen LogP contribution in [0.5, 0.6) is 0 Å². The van der Waals surface area contributed by atoms with Gasteiger partial charge in [0.15, 0.2) is 5.16 Å². The number of rotatable bonds is 6. The van der Waals surface area contributed by atoms with Crippen molar-refractivity contribution >= 4 is 34.3 Å². The quantitative estimate of drug-likeness (QED) is 0.300. The van der Waals surface area contributed by atoms with Gasteiger partial charge in [0.05, 0.1) is 10.7 Å². The smallest absolute Gasteiger partial charge is 0.191 e. The predicted octanol–water partition coefficient (Wildman–Crippen LogP) is 5.51. The summed E-state index contributed by atoms with van der Waals surface area (Å²) < 4.78 is 0. The lowest BCUT2D eigenvalue weighted by molar-refractivity contribution is 0.752. The molecule has 23 heavy (non-hydrogen) atoms. The summed E-state index contributed by atoms with van der Waals surface area (Å²) in [6.45, 7) is 6.51. The summed E-state index contributed by atoms with van der Waals surface area (Å²) in [5.74, 6) is 1.67. The second kappa shape index (κ2) is 9.53. The van der Waals surface area contributed by atoms with Crippen molar-refractivity contribution < 1.29 is 0 Å². The fourth-order valence-corrected chi connectivity index (χ4v) is 3.10. The van der Waals surface area contributed by atoms with E-state index < -0.39 is 0 Å². The van der Waals surface area contributed by atoms with Crippen LogP contribution in [0.25, 0.3) is 0 Å². The zero-order valence-corrected chi connectivity index (χ0v) is 15.3. The molecular weight excluding hydrogens is 322 g/mol. The lowest BCUT2D eigenvalue weighted by Crippen LogP contribution is -1.95. The first kappa shape index (κ1) is 17.8. The number of nitrogens with zero attached hydrogens (tertiary/aromatic N) is 3. The number of aliphatic imine (C=N–C) groups is 1. The van der Waals surface area contributed by atoms with Gasteiger partial charge in [0, 0.05) is 18.1 Å². The van der Waals surface area contributed by atoms with Gasteiger partial charge in [-0.15, -0.1) is 11.8 Å². The van der Waals surface area contributed by atoms with Gasteiger partial charge >= 0.3 is 0 Å². The van der Waals surface area contributed by atoms with E-state index >= 15 is 0 Å². The molecule has 1 aromatic carbocycles. The highest BCUT2D eigenvalue weighted by Gasteiger charge is 2.01. The van der Waals surface area contributed by atoms with Crippen LogP contribution in [0.3, 0.4) is 0 Å². The fraction of sp³-hybridized carbons (Fsp3) is 0.278. The summed E-state index contributed by atoms with van der Waals surface area (Å²) in [5, 5.41) is 3.74. The normalized spacial score (nSPS) is 12.3. The van der Waals surface area contributed by atoms with E-state index in [-0.39, 0.29) is 0 Å². The molecule has 0 bridgehead atoms. The Bertz CT molecular complexity index is 650. The summed E-state index contributed by atoms with van der Waals surface area (Å²) in [6.07, 6.45) is 5.53. The van der Waals surface area contributed by atoms with E-state index in [1.165, 1.54) is 17.3 Å². The Balaban J connectivity index is 2.08. The van der Waals surface area contributed by atoms with Gasteiger partial charge in [-0.25, -0.2) is 15.0 Å². The second-order valence-electron chi connectivity index (χ2n) is 5.44. The molecule has 2 aromatic rings. The average molecular weight is 344 g/mol. The summed E-state index contributed by atoms with van der Waals surface area (Å²) in [4.78, 5) is 13.1. The molecule has 0 spiro atoms. The molecule has 0 saturated carbocycles. The first-order chi connectivity index (χ1) is 11.1. The third kappa shape index (κ3) is 7.01. The number of benzene rings is 1. The van der Waals surface area contributed by atoms with Crippen LogP contribution in [0.2, 0.25) is 0 Å². The largest absolute Gasteiger partial charge is 0.242 e. The van der Waals surface area contributed by atoms with Crippen LogP contribution in [-0.2, 0) is 0 Å². The van der Waals surface area contributed by atoms with E-state index in [0.29, 0.717) is 5.92 Å². The summed E-state index contributed by atoms with van der Waals surface area (Å²) >= 11 is 3.27. The van der Waals surface area contributed by atoms with E-state index in [0.717, 1.165) is 21.6 Å². The maximum Gasteiger partial charge on any atom is 0.191 e. The molecule has 3 nitrogen and oxygen atoms in total. The van der Waals surface area contributed by atoms with E-state index in [4.69, 9.17) is 4.99 Å². The number of aromatic nitrogens is 2. The van der Waals surface area contributed by atoms with Gasteiger partial charge < -0.3 is 0 Å². The summed E-state index contributed by atoms with van der Waals surface area (Å²) in [6, 6.07) is 10.1. The topological polar surface area (TPSA) is 38.1 Å². The molecule has 2 rings (SSSR count). The highest BCUT2D eigenvalue weighted by atomic mass is 32.2. The lowest BCUT2D eigenvalue weighted by atomic mass is 10.2. The van der Waals surface area contributed by atoms with Gasteiger partial charge in [0.1, 0.15) is 0 Å². The van der Waals surface area contributed by atoms with Gasteiger partial charge in [-0.2, -0.15) is 0 Å². The Morgan fingerprint density at radius 1 is 1.17 bits per heavy atom. The van der Waals surface area contributed by atoms with Crippen LogP contribution in [0, 0.1) is 12.8 Å². The summed E-state index contributed by atoms with van der Waals surface area (Å²) in [5.41, 5.74) is 2.22. The molecule has 0 amide bonds. The van der Waals surface area contributed by atoms with E-state index in [9.17, 15) is 0 Å². The standard InChI is InChI=1S/C18H21N3S2/c1-14(2)13-23-17(21-16-7-5-15(3)6-8-16)9-12-22-18-19-10-4-11-20-18/h4-12,14H,13H2,1-3H3. The van der Waals surface area contributed by atoms with Crippen molar-refractivity contribution in [3.8, 4) is 0 Å². The van der Waals surface area contributed by atoms with Crippen molar-refractivity contribution in [2.24, 2.45) is 10.9 Å². The zero-order chi connectivity index (χ0) is 16.5. The number of aryl methyl sites for hydroxylation is 1. The van der Waals surface area contributed by atoms with Crippen LogP contribution >= 0.6 is 23.5 Å². The van der Waals surface area contributed by atoms with Crippen LogP contribution in [0.1, 0.15) is 19.4 Å². The van der Waals surface area contributed by atoms with E-state index in [1.54, 1.807) is 24.2 Å². The molecular formula is C18H21N3S2. The molecule has 0 aliphatic carbocycles. The molecule has 5 heteroatoms. The minimum absolute atomic E-state index is 0.627. The molecule has 0 aliphatic rings. The molecule has 0 unspecified atom stereocenters. The fourth-order valence-electron chi connectivity index (χ4n) is 1.62. The maximum absolute atomic E-state index is 4.74. The van der Waals surface area contributed by atoms with Crippen molar-refractivity contribution in [2.75, 3.05) is 5.75 Å². The predicted molar refractivity (Wildman–Crippen MR) is 103 cm³/mol. The van der Waals surface area contributed by atoms with E-state index in [2.05, 4.69) is 42.9 Å². The Labute approximate surface area is 146 Å². The highest BCUT2D eigenvalue weighted by molar-refractivity contribution is 8.14. The van der Waals surface area contributed by atoms with Gasteiger partial charge in [0.25, 0.3) is 0 Å². The molecule has 0 saturated heterocycles. The van der Waals surface area contributed by atoms with Crippen molar-refractivity contribution in [3.05, 3.63) is 59.8 Å². The third-order valence-electron chi connectivity index (χ3n) is 2.76. The SMILES string of the molecule is Cc1ccc(N=C(C=CSc2ncccn2)SCC(C)C)cc1.